The third kappa shape index (κ3) is 3.15. The molecule has 3 atom stereocenters. The highest BCUT2D eigenvalue weighted by Crippen LogP contribution is 2.47. The van der Waals surface area contributed by atoms with Crippen molar-refractivity contribution < 1.29 is 22.7 Å². The van der Waals surface area contributed by atoms with E-state index in [4.69, 9.17) is 10.00 Å². The Morgan fingerprint density at radius 2 is 2.14 bits per heavy atom. The molecule has 1 aromatic carbocycles. The van der Waals surface area contributed by atoms with E-state index >= 15 is 0 Å². The lowest BCUT2D eigenvalue weighted by Gasteiger charge is -2.38. The normalized spacial score (nSPS) is 27.1. The second-order valence-corrected chi connectivity index (χ2v) is 7.48. The lowest BCUT2D eigenvalue weighted by Crippen LogP contribution is -2.52. The van der Waals surface area contributed by atoms with Crippen LogP contribution in [0.2, 0.25) is 0 Å². The standard InChI is InChI=1S/C19H16F3N5O2/c20-19(21,22)27-16(9-24)18(29-17(27)28)5-1-2-13(7-18)10-26-11-25-14-4-3-12(8-23)6-15(14)26/h3-4,6,11,13,16H,1-2,5,7,10H2. The number of amides is 1. The molecule has 4 rings (SSSR count). The van der Waals surface area contributed by atoms with Crippen molar-refractivity contribution in [1.29, 1.82) is 10.5 Å². The van der Waals surface area contributed by atoms with Crippen molar-refractivity contribution in [1.82, 2.24) is 14.5 Å². The number of ether oxygens (including phenoxy) is 1. The molecule has 0 N–H and O–H groups in total. The minimum Gasteiger partial charge on any atom is -0.439 e. The largest absolute Gasteiger partial charge is 0.491 e. The summed E-state index contributed by atoms with van der Waals surface area (Å²) in [7, 11) is 0. The van der Waals surface area contributed by atoms with Crippen LogP contribution in [0.1, 0.15) is 31.2 Å². The number of fused-ring (bicyclic) bond motifs is 1. The lowest BCUT2D eigenvalue weighted by molar-refractivity contribution is -0.228. The van der Waals surface area contributed by atoms with Crippen LogP contribution in [0.4, 0.5) is 18.0 Å². The average molecular weight is 403 g/mol. The van der Waals surface area contributed by atoms with Gasteiger partial charge in [0.05, 0.1) is 35.1 Å². The topological polar surface area (TPSA) is 94.9 Å². The fraction of sp³-hybridized carbons (Fsp3) is 0.474. The number of aromatic nitrogens is 2. The van der Waals surface area contributed by atoms with Crippen LogP contribution in [-0.2, 0) is 11.3 Å². The molecule has 2 aromatic rings. The summed E-state index contributed by atoms with van der Waals surface area (Å²) in [5.74, 6) is -0.108. The van der Waals surface area contributed by atoms with Crippen molar-refractivity contribution in [2.45, 2.75) is 50.2 Å². The van der Waals surface area contributed by atoms with E-state index in [1.807, 2.05) is 4.57 Å². The van der Waals surface area contributed by atoms with Crippen molar-refractivity contribution >= 4 is 17.1 Å². The number of alkyl halides is 3. The van der Waals surface area contributed by atoms with Gasteiger partial charge >= 0.3 is 12.4 Å². The van der Waals surface area contributed by atoms with E-state index in [-0.39, 0.29) is 18.8 Å². The molecule has 1 aliphatic heterocycles. The van der Waals surface area contributed by atoms with Gasteiger partial charge in [0, 0.05) is 6.54 Å². The first-order chi connectivity index (χ1) is 13.8. The summed E-state index contributed by atoms with van der Waals surface area (Å²) >= 11 is 0. The number of hydrogen-bond acceptors (Lipinski definition) is 5. The van der Waals surface area contributed by atoms with Crippen molar-refractivity contribution in [3.8, 4) is 12.1 Å². The highest BCUT2D eigenvalue weighted by Gasteiger charge is 2.63. The molecule has 1 saturated carbocycles. The Morgan fingerprint density at radius 1 is 1.34 bits per heavy atom. The summed E-state index contributed by atoms with van der Waals surface area (Å²) in [6, 6.07) is 7.11. The smallest absolute Gasteiger partial charge is 0.439 e. The fourth-order valence-electron chi connectivity index (χ4n) is 4.47. The molecule has 1 aliphatic carbocycles. The zero-order chi connectivity index (χ0) is 20.8. The van der Waals surface area contributed by atoms with Crippen LogP contribution in [0.25, 0.3) is 11.0 Å². The summed E-state index contributed by atoms with van der Waals surface area (Å²) in [5, 5.41) is 18.5. The van der Waals surface area contributed by atoms with E-state index in [1.54, 1.807) is 30.6 Å². The Morgan fingerprint density at radius 3 is 2.83 bits per heavy atom. The molecule has 0 radical (unpaired) electrons. The molecule has 2 aliphatic rings. The molecular weight excluding hydrogens is 387 g/mol. The van der Waals surface area contributed by atoms with Gasteiger partial charge in [-0.3, -0.25) is 0 Å². The second kappa shape index (κ2) is 6.66. The Hall–Kier alpha value is -3.27. The van der Waals surface area contributed by atoms with Gasteiger partial charge in [0.25, 0.3) is 0 Å². The van der Waals surface area contributed by atoms with Gasteiger partial charge in [0.1, 0.15) is 5.60 Å². The molecule has 0 bridgehead atoms. The number of imidazole rings is 1. The molecule has 10 heteroatoms. The number of hydrogen-bond donors (Lipinski definition) is 0. The van der Waals surface area contributed by atoms with Crippen LogP contribution < -0.4 is 0 Å². The van der Waals surface area contributed by atoms with E-state index in [9.17, 15) is 23.2 Å². The van der Waals surface area contributed by atoms with Crippen LogP contribution in [0.5, 0.6) is 0 Å². The predicted octanol–water partition coefficient (Wildman–Crippen LogP) is 3.70. The summed E-state index contributed by atoms with van der Waals surface area (Å²) in [6.45, 7) is 0.439. The summed E-state index contributed by atoms with van der Waals surface area (Å²) in [6.07, 6.45) is -3.24. The average Bonchev–Trinajstić information content (AvgIpc) is 3.19. The molecular formula is C19H16F3N5O2. The highest BCUT2D eigenvalue weighted by molar-refractivity contribution is 5.77. The number of nitrogens with zero attached hydrogens (tertiary/aromatic N) is 5. The monoisotopic (exact) mass is 403 g/mol. The molecule has 29 heavy (non-hydrogen) atoms. The quantitative estimate of drug-likeness (QED) is 0.713. The minimum absolute atomic E-state index is 0.108. The van der Waals surface area contributed by atoms with E-state index in [2.05, 4.69) is 11.1 Å². The first kappa shape index (κ1) is 19.1. The van der Waals surface area contributed by atoms with Crippen LogP contribution in [0, 0.1) is 28.6 Å². The van der Waals surface area contributed by atoms with E-state index in [1.165, 1.54) is 0 Å². The number of carbonyl (C=O) groups is 1. The fourth-order valence-corrected chi connectivity index (χ4v) is 4.47. The molecule has 1 saturated heterocycles. The molecule has 7 nitrogen and oxygen atoms in total. The second-order valence-electron chi connectivity index (χ2n) is 7.48. The maximum atomic E-state index is 13.3. The third-order valence-electron chi connectivity index (χ3n) is 5.69. The first-order valence-corrected chi connectivity index (χ1v) is 9.11. The number of benzene rings is 1. The molecule has 1 spiro atoms. The molecule has 1 amide bonds. The Balaban J connectivity index is 1.60. The van der Waals surface area contributed by atoms with Crippen molar-refractivity contribution in [3.05, 3.63) is 30.1 Å². The summed E-state index contributed by atoms with van der Waals surface area (Å²) in [4.78, 5) is 15.8. The van der Waals surface area contributed by atoms with E-state index in [0.717, 1.165) is 11.9 Å². The maximum absolute atomic E-state index is 13.3. The lowest BCUT2D eigenvalue weighted by atomic mass is 9.74. The van der Waals surface area contributed by atoms with Gasteiger partial charge in [-0.15, -0.1) is 13.2 Å². The molecule has 1 aromatic heterocycles. The first-order valence-electron chi connectivity index (χ1n) is 9.11. The zero-order valence-electron chi connectivity index (χ0n) is 15.2. The predicted molar refractivity (Wildman–Crippen MR) is 92.9 cm³/mol. The Bertz CT molecular complexity index is 1050. The SMILES string of the molecule is N#Cc1ccc2ncn(CC3CCCC4(C3)OC(=O)N(C(F)(F)F)C4C#N)c2c1. The van der Waals surface area contributed by atoms with Gasteiger partial charge in [-0.1, -0.05) is 0 Å². The van der Waals surface area contributed by atoms with Gasteiger partial charge in [-0.05, 0) is 49.8 Å². The number of rotatable bonds is 2. The van der Waals surface area contributed by atoms with Crippen molar-refractivity contribution in [3.63, 3.8) is 0 Å². The highest BCUT2D eigenvalue weighted by atomic mass is 19.4. The molecule has 2 fully saturated rings. The maximum Gasteiger partial charge on any atom is 0.491 e. The van der Waals surface area contributed by atoms with Crippen molar-refractivity contribution in [2.75, 3.05) is 0 Å². The molecule has 3 unspecified atom stereocenters. The van der Waals surface area contributed by atoms with Crippen LogP contribution in [0.15, 0.2) is 24.5 Å². The summed E-state index contributed by atoms with van der Waals surface area (Å²) < 4.78 is 46.8. The van der Waals surface area contributed by atoms with Gasteiger partial charge < -0.3 is 9.30 Å². The molecule has 150 valence electrons. The Labute approximate surface area is 163 Å². The van der Waals surface area contributed by atoms with Gasteiger partial charge in [-0.2, -0.15) is 15.4 Å². The van der Waals surface area contributed by atoms with Crippen molar-refractivity contribution in [2.24, 2.45) is 5.92 Å². The van der Waals surface area contributed by atoms with Crippen LogP contribution in [-0.4, -0.2) is 38.5 Å². The number of carbonyl (C=O) groups excluding carboxylic acids is 1. The Kier molecular flexibility index (Phi) is 4.38. The van der Waals surface area contributed by atoms with Crippen LogP contribution >= 0.6 is 0 Å². The van der Waals surface area contributed by atoms with Gasteiger partial charge in [0.2, 0.25) is 0 Å². The molecule has 2 heterocycles. The van der Waals surface area contributed by atoms with Gasteiger partial charge in [-0.25, -0.2) is 9.78 Å². The third-order valence-corrected chi connectivity index (χ3v) is 5.69. The van der Waals surface area contributed by atoms with Crippen LogP contribution in [0.3, 0.4) is 0 Å². The summed E-state index contributed by atoms with van der Waals surface area (Å²) in [5.41, 5.74) is 0.466. The van der Waals surface area contributed by atoms with E-state index < -0.39 is 28.9 Å². The van der Waals surface area contributed by atoms with Gasteiger partial charge in [0.15, 0.2) is 6.04 Å². The number of halogens is 3. The van der Waals surface area contributed by atoms with E-state index in [0.29, 0.717) is 24.0 Å². The zero-order valence-corrected chi connectivity index (χ0v) is 15.2. The minimum atomic E-state index is -4.97. The number of nitriles is 2.